The van der Waals surface area contributed by atoms with Gasteiger partial charge in [-0.05, 0) is 18.2 Å². The van der Waals surface area contributed by atoms with Crippen LogP contribution in [0.1, 0.15) is 5.56 Å². The monoisotopic (exact) mass is 442 g/mol. The van der Waals surface area contributed by atoms with E-state index >= 15 is 0 Å². The Bertz CT molecular complexity index is 1090. The van der Waals surface area contributed by atoms with Crippen LogP contribution in [0.4, 0.5) is 37.6 Å². The van der Waals surface area contributed by atoms with Gasteiger partial charge >= 0.3 is 12.2 Å². The zero-order chi connectivity index (χ0) is 21.5. The van der Waals surface area contributed by atoms with Gasteiger partial charge in [0, 0.05) is 32.2 Å². The van der Waals surface area contributed by atoms with Crippen LogP contribution in [0.3, 0.4) is 0 Å². The van der Waals surface area contributed by atoms with E-state index < -0.39 is 29.4 Å². The van der Waals surface area contributed by atoms with Crippen molar-refractivity contribution in [2.24, 2.45) is 0 Å². The number of thiazole rings is 1. The number of nitrogens with one attached hydrogen (secondary N) is 1. The second-order valence-electron chi connectivity index (χ2n) is 6.68. The Kier molecular flexibility index (Phi) is 5.22. The van der Waals surface area contributed by atoms with E-state index in [2.05, 4.69) is 10.3 Å². The highest BCUT2D eigenvalue weighted by Gasteiger charge is 2.34. The first-order chi connectivity index (χ1) is 14.2. The Balaban J connectivity index is 1.43. The molecular formula is C19H15F5N4OS. The number of nitrogens with zero attached hydrogens (tertiary/aromatic N) is 3. The maximum atomic E-state index is 13.9. The topological polar surface area (TPSA) is 48.5 Å². The van der Waals surface area contributed by atoms with Gasteiger partial charge in [0.2, 0.25) is 0 Å². The lowest BCUT2D eigenvalue weighted by atomic mass is 10.1. The molecule has 5 nitrogen and oxygen atoms in total. The van der Waals surface area contributed by atoms with Crippen molar-refractivity contribution in [3.05, 3.63) is 53.6 Å². The van der Waals surface area contributed by atoms with E-state index in [-0.39, 0.29) is 24.3 Å². The number of carbonyl (C=O) groups excluding carboxylic acids is 1. The molecular weight excluding hydrogens is 427 g/mol. The summed E-state index contributed by atoms with van der Waals surface area (Å²) in [5, 5.41) is 2.82. The molecule has 2 amide bonds. The summed E-state index contributed by atoms with van der Waals surface area (Å²) in [4.78, 5) is 19.9. The highest BCUT2D eigenvalue weighted by molar-refractivity contribution is 7.22. The first-order valence-electron chi connectivity index (χ1n) is 8.95. The number of hydrogen-bond acceptors (Lipinski definition) is 4. The van der Waals surface area contributed by atoms with Crippen LogP contribution in [0.15, 0.2) is 36.4 Å². The Labute approximate surface area is 171 Å². The average molecular weight is 442 g/mol. The van der Waals surface area contributed by atoms with E-state index in [1.165, 1.54) is 29.2 Å². The van der Waals surface area contributed by atoms with Crippen molar-refractivity contribution in [1.29, 1.82) is 0 Å². The van der Waals surface area contributed by atoms with Crippen molar-refractivity contribution in [3.8, 4) is 0 Å². The number of para-hydroxylation sites is 1. The minimum atomic E-state index is -4.58. The van der Waals surface area contributed by atoms with Crippen LogP contribution in [-0.4, -0.2) is 42.1 Å². The van der Waals surface area contributed by atoms with Crippen molar-refractivity contribution in [1.82, 2.24) is 9.88 Å². The number of benzene rings is 2. The third-order valence-electron chi connectivity index (χ3n) is 4.71. The molecule has 0 bridgehead atoms. The standard InChI is InChI=1S/C19H15F5N4OS/c20-11-9-13(21)16-15(10-11)30-18(26-16)28-7-5-27(6-8-28)17(29)25-14-4-2-1-3-12(14)19(22,23)24/h1-4,9-10H,5-8H2,(H,25,29). The smallest absolute Gasteiger partial charge is 0.345 e. The summed E-state index contributed by atoms with van der Waals surface area (Å²) in [5.41, 5.74) is -1.14. The van der Waals surface area contributed by atoms with Gasteiger partial charge in [-0.3, -0.25) is 0 Å². The Morgan fingerprint density at radius 3 is 2.47 bits per heavy atom. The molecule has 1 aliphatic heterocycles. The second-order valence-corrected chi connectivity index (χ2v) is 7.69. The van der Waals surface area contributed by atoms with Gasteiger partial charge in [-0.25, -0.2) is 18.6 Å². The number of halogens is 5. The fourth-order valence-electron chi connectivity index (χ4n) is 3.22. The summed E-state index contributed by atoms with van der Waals surface area (Å²) < 4.78 is 66.9. The van der Waals surface area contributed by atoms with Gasteiger partial charge in [0.1, 0.15) is 11.3 Å². The van der Waals surface area contributed by atoms with Gasteiger partial charge in [0.15, 0.2) is 10.9 Å². The molecule has 1 aromatic heterocycles. The zero-order valence-corrected chi connectivity index (χ0v) is 16.2. The Morgan fingerprint density at radius 1 is 1.07 bits per heavy atom. The minimum Gasteiger partial charge on any atom is -0.345 e. The Morgan fingerprint density at radius 2 is 1.77 bits per heavy atom. The van der Waals surface area contributed by atoms with E-state index in [0.717, 1.165) is 23.5 Å². The van der Waals surface area contributed by atoms with E-state index in [1.807, 2.05) is 4.90 Å². The van der Waals surface area contributed by atoms with Crippen LogP contribution >= 0.6 is 11.3 Å². The summed E-state index contributed by atoms with van der Waals surface area (Å²) in [6.45, 7) is 1.20. The van der Waals surface area contributed by atoms with Crippen molar-refractivity contribution in [2.45, 2.75) is 6.18 Å². The fraction of sp³-hybridized carbons (Fsp3) is 0.263. The van der Waals surface area contributed by atoms with Crippen LogP contribution < -0.4 is 10.2 Å². The highest BCUT2D eigenvalue weighted by atomic mass is 32.1. The molecule has 0 aliphatic carbocycles. The first kappa shape index (κ1) is 20.3. The molecule has 0 radical (unpaired) electrons. The lowest BCUT2D eigenvalue weighted by Gasteiger charge is -2.34. The lowest BCUT2D eigenvalue weighted by Crippen LogP contribution is -2.50. The van der Waals surface area contributed by atoms with Gasteiger partial charge in [0.05, 0.1) is 16.0 Å². The van der Waals surface area contributed by atoms with Crippen LogP contribution in [0.5, 0.6) is 0 Å². The molecule has 1 N–H and O–H groups in total. The van der Waals surface area contributed by atoms with Gasteiger partial charge in [0.25, 0.3) is 0 Å². The zero-order valence-electron chi connectivity index (χ0n) is 15.3. The molecule has 2 aromatic carbocycles. The van der Waals surface area contributed by atoms with E-state index in [4.69, 9.17) is 0 Å². The normalized spacial score (nSPS) is 15.0. The molecule has 158 valence electrons. The molecule has 4 rings (SSSR count). The SMILES string of the molecule is O=C(Nc1ccccc1C(F)(F)F)N1CCN(c2nc3c(F)cc(F)cc3s2)CC1. The maximum Gasteiger partial charge on any atom is 0.418 e. The van der Waals surface area contributed by atoms with E-state index in [0.29, 0.717) is 22.9 Å². The number of aromatic nitrogens is 1. The molecule has 0 unspecified atom stereocenters. The third kappa shape index (κ3) is 4.02. The van der Waals surface area contributed by atoms with Crippen LogP contribution in [0, 0.1) is 11.6 Å². The number of fused-ring (bicyclic) bond motifs is 1. The third-order valence-corrected chi connectivity index (χ3v) is 5.78. The predicted molar refractivity (Wildman–Crippen MR) is 104 cm³/mol. The van der Waals surface area contributed by atoms with Gasteiger partial charge < -0.3 is 15.1 Å². The molecule has 3 aromatic rings. The summed E-state index contributed by atoms with van der Waals surface area (Å²) in [7, 11) is 0. The van der Waals surface area contributed by atoms with Gasteiger partial charge in [-0.2, -0.15) is 13.2 Å². The highest BCUT2D eigenvalue weighted by Crippen LogP contribution is 2.35. The minimum absolute atomic E-state index is 0.0836. The summed E-state index contributed by atoms with van der Waals surface area (Å²) in [5.74, 6) is -1.43. The molecule has 0 saturated carbocycles. The molecule has 0 atom stereocenters. The number of amides is 2. The predicted octanol–water partition coefficient (Wildman–Crippen LogP) is 4.95. The van der Waals surface area contributed by atoms with Crippen LogP contribution in [-0.2, 0) is 6.18 Å². The molecule has 1 saturated heterocycles. The lowest BCUT2D eigenvalue weighted by molar-refractivity contribution is -0.136. The van der Waals surface area contributed by atoms with Gasteiger partial charge in [-0.15, -0.1) is 0 Å². The molecule has 2 heterocycles. The van der Waals surface area contributed by atoms with Crippen molar-refractivity contribution < 1.29 is 26.7 Å². The van der Waals surface area contributed by atoms with Gasteiger partial charge in [-0.1, -0.05) is 23.5 Å². The van der Waals surface area contributed by atoms with Crippen molar-refractivity contribution >= 4 is 38.4 Å². The van der Waals surface area contributed by atoms with E-state index in [1.54, 1.807) is 0 Å². The van der Waals surface area contributed by atoms with Crippen molar-refractivity contribution in [3.63, 3.8) is 0 Å². The molecule has 11 heteroatoms. The second kappa shape index (κ2) is 7.71. The number of anilines is 2. The molecule has 1 aliphatic rings. The number of piperazine rings is 1. The number of rotatable bonds is 2. The summed E-state index contributed by atoms with van der Waals surface area (Å²) >= 11 is 1.14. The van der Waals surface area contributed by atoms with Crippen LogP contribution in [0.2, 0.25) is 0 Å². The first-order valence-corrected chi connectivity index (χ1v) is 9.77. The molecule has 30 heavy (non-hydrogen) atoms. The quantitative estimate of drug-likeness (QED) is 0.572. The van der Waals surface area contributed by atoms with Crippen molar-refractivity contribution in [2.75, 3.05) is 36.4 Å². The summed E-state index contributed by atoms with van der Waals surface area (Å²) in [6.07, 6.45) is -4.58. The molecule has 1 fully saturated rings. The summed E-state index contributed by atoms with van der Waals surface area (Å²) in [6, 6.07) is 6.12. The molecule has 0 spiro atoms. The number of carbonyl (C=O) groups is 1. The van der Waals surface area contributed by atoms with E-state index in [9.17, 15) is 26.7 Å². The Hall–Kier alpha value is -2.95. The van der Waals surface area contributed by atoms with Crippen LogP contribution in [0.25, 0.3) is 10.2 Å². The fourth-order valence-corrected chi connectivity index (χ4v) is 4.27. The number of urea groups is 1. The number of hydrogen-bond donors (Lipinski definition) is 1. The average Bonchev–Trinajstić information content (AvgIpc) is 3.12. The maximum absolute atomic E-state index is 13.9. The largest absolute Gasteiger partial charge is 0.418 e. The number of alkyl halides is 3.